The molecule has 0 aliphatic heterocycles. The van der Waals surface area contributed by atoms with Crippen LogP contribution in [0.4, 0.5) is 5.69 Å². The number of hydrogen-bond donors (Lipinski definition) is 0. The lowest BCUT2D eigenvalue weighted by Gasteiger charge is -2.07. The first-order valence-electron chi connectivity index (χ1n) is 7.05. The summed E-state index contributed by atoms with van der Waals surface area (Å²) >= 11 is 0. The Kier molecular flexibility index (Phi) is 4.01. The summed E-state index contributed by atoms with van der Waals surface area (Å²) in [6.07, 6.45) is 1.11. The van der Waals surface area contributed by atoms with Gasteiger partial charge >= 0.3 is 5.97 Å². The zero-order valence-corrected chi connectivity index (χ0v) is 13.8. The Labute approximate surface area is 142 Å². The molecule has 128 valence electrons. The van der Waals surface area contributed by atoms with Crippen molar-refractivity contribution in [1.82, 2.24) is 3.97 Å². The van der Waals surface area contributed by atoms with E-state index < -0.39 is 31.5 Å². The van der Waals surface area contributed by atoms with Gasteiger partial charge in [0.25, 0.3) is 15.7 Å². The Bertz CT molecular complexity index is 1100. The molecule has 0 bridgehead atoms. The highest BCUT2D eigenvalue weighted by atomic mass is 32.2. The molecular formula is C16H12N2O6S. The number of benzene rings is 2. The van der Waals surface area contributed by atoms with Crippen molar-refractivity contribution in [1.29, 1.82) is 0 Å². The van der Waals surface area contributed by atoms with Gasteiger partial charge in [-0.15, -0.1) is 0 Å². The maximum Gasteiger partial charge on any atom is 0.340 e. The van der Waals surface area contributed by atoms with E-state index in [2.05, 4.69) is 4.74 Å². The third-order valence-electron chi connectivity index (χ3n) is 3.68. The van der Waals surface area contributed by atoms with Crippen molar-refractivity contribution < 1.29 is 22.9 Å². The molecule has 25 heavy (non-hydrogen) atoms. The third-order valence-corrected chi connectivity index (χ3v) is 5.40. The fourth-order valence-electron chi connectivity index (χ4n) is 2.55. The maximum absolute atomic E-state index is 13.0. The van der Waals surface area contributed by atoms with Crippen LogP contribution in [0, 0.1) is 10.1 Å². The van der Waals surface area contributed by atoms with E-state index in [4.69, 9.17) is 0 Å². The molecule has 1 aromatic heterocycles. The molecule has 0 amide bonds. The highest BCUT2D eigenvalue weighted by Crippen LogP contribution is 2.30. The second-order valence-electron chi connectivity index (χ2n) is 5.08. The molecule has 0 aliphatic carbocycles. The van der Waals surface area contributed by atoms with Gasteiger partial charge in [0.1, 0.15) is 0 Å². The van der Waals surface area contributed by atoms with Crippen LogP contribution in [0.5, 0.6) is 0 Å². The van der Waals surface area contributed by atoms with Gasteiger partial charge in [0.2, 0.25) is 0 Å². The highest BCUT2D eigenvalue weighted by molar-refractivity contribution is 7.90. The fraction of sp³-hybridized carbons (Fsp3) is 0.0625. The highest BCUT2D eigenvalue weighted by Gasteiger charge is 2.29. The summed E-state index contributed by atoms with van der Waals surface area (Å²) in [6, 6.07) is 11.4. The minimum absolute atomic E-state index is 0.0558. The Morgan fingerprint density at radius 1 is 1.12 bits per heavy atom. The molecular weight excluding hydrogens is 348 g/mol. The minimum atomic E-state index is -4.29. The first-order valence-corrected chi connectivity index (χ1v) is 8.49. The van der Waals surface area contributed by atoms with Crippen LogP contribution in [0.15, 0.2) is 59.6 Å². The van der Waals surface area contributed by atoms with E-state index >= 15 is 0 Å². The molecule has 0 unspecified atom stereocenters. The lowest BCUT2D eigenvalue weighted by molar-refractivity contribution is -0.387. The van der Waals surface area contributed by atoms with Crippen LogP contribution in [0.3, 0.4) is 0 Å². The van der Waals surface area contributed by atoms with Gasteiger partial charge in [-0.2, -0.15) is 0 Å². The molecule has 0 N–H and O–H groups in total. The van der Waals surface area contributed by atoms with Crippen LogP contribution in [0.1, 0.15) is 10.4 Å². The molecule has 2 aromatic carbocycles. The van der Waals surface area contributed by atoms with Gasteiger partial charge in [-0.3, -0.25) is 10.1 Å². The fourth-order valence-corrected chi connectivity index (χ4v) is 4.09. The zero-order valence-electron chi connectivity index (χ0n) is 12.9. The number of fused-ring (bicyclic) bond motifs is 1. The third kappa shape index (κ3) is 2.64. The molecule has 0 fully saturated rings. The van der Waals surface area contributed by atoms with Gasteiger partial charge < -0.3 is 4.74 Å². The standard InChI is InChI=1S/C16H12N2O6S/c1-24-16(19)12-10-17(13-7-3-2-6-11(12)13)25(22,23)15-9-5-4-8-14(15)18(20)21/h2-10H,1H3. The van der Waals surface area contributed by atoms with Crippen LogP contribution in [0.25, 0.3) is 10.9 Å². The molecule has 0 saturated heterocycles. The Morgan fingerprint density at radius 2 is 1.76 bits per heavy atom. The van der Waals surface area contributed by atoms with Crippen molar-refractivity contribution >= 4 is 32.6 Å². The average Bonchev–Trinajstić information content (AvgIpc) is 3.01. The molecule has 0 aliphatic rings. The van der Waals surface area contributed by atoms with Gasteiger partial charge in [0.15, 0.2) is 4.90 Å². The van der Waals surface area contributed by atoms with Crippen molar-refractivity contribution in [2.75, 3.05) is 7.11 Å². The summed E-state index contributed by atoms with van der Waals surface area (Å²) < 4.78 is 31.5. The van der Waals surface area contributed by atoms with E-state index in [1.165, 1.54) is 25.3 Å². The predicted molar refractivity (Wildman–Crippen MR) is 89.0 cm³/mol. The number of carbonyl (C=O) groups excluding carboxylic acids is 1. The maximum atomic E-state index is 13.0. The second-order valence-corrected chi connectivity index (χ2v) is 6.86. The van der Waals surface area contributed by atoms with Crippen LogP contribution in [0.2, 0.25) is 0 Å². The number of rotatable bonds is 4. The van der Waals surface area contributed by atoms with Crippen LogP contribution in [-0.2, 0) is 14.8 Å². The van der Waals surface area contributed by atoms with Gasteiger partial charge in [-0.25, -0.2) is 17.2 Å². The topological polar surface area (TPSA) is 109 Å². The first-order chi connectivity index (χ1) is 11.9. The van der Waals surface area contributed by atoms with E-state index in [1.54, 1.807) is 18.2 Å². The van der Waals surface area contributed by atoms with E-state index in [-0.39, 0.29) is 11.1 Å². The number of aromatic nitrogens is 1. The number of nitro benzene ring substituents is 1. The predicted octanol–water partition coefficient (Wildman–Crippen LogP) is 2.57. The zero-order chi connectivity index (χ0) is 18.2. The van der Waals surface area contributed by atoms with E-state index in [0.29, 0.717) is 5.39 Å². The average molecular weight is 360 g/mol. The molecule has 0 spiro atoms. The lowest BCUT2D eigenvalue weighted by Crippen LogP contribution is -2.14. The molecule has 3 rings (SSSR count). The van der Waals surface area contributed by atoms with Crippen LogP contribution >= 0.6 is 0 Å². The summed E-state index contributed by atoms with van der Waals surface area (Å²) in [5.41, 5.74) is -0.263. The summed E-state index contributed by atoms with van der Waals surface area (Å²) in [7, 11) is -3.11. The van der Waals surface area contributed by atoms with E-state index in [1.807, 2.05) is 0 Å². The summed E-state index contributed by atoms with van der Waals surface area (Å²) in [5.74, 6) is -0.701. The Morgan fingerprint density at radius 3 is 2.44 bits per heavy atom. The Balaban J connectivity index is 2.33. The van der Waals surface area contributed by atoms with Crippen molar-refractivity contribution in [3.63, 3.8) is 0 Å². The largest absolute Gasteiger partial charge is 0.465 e. The van der Waals surface area contributed by atoms with Gasteiger partial charge in [-0.05, 0) is 12.1 Å². The number of methoxy groups -OCH3 is 1. The van der Waals surface area contributed by atoms with Gasteiger partial charge in [0.05, 0.1) is 23.1 Å². The summed E-state index contributed by atoms with van der Waals surface area (Å²) in [6.45, 7) is 0. The number of para-hydroxylation sites is 2. The monoisotopic (exact) mass is 360 g/mol. The second kappa shape index (κ2) is 6.02. The number of nitro groups is 1. The summed E-state index contributed by atoms with van der Waals surface area (Å²) in [4.78, 5) is 21.9. The van der Waals surface area contributed by atoms with Crippen molar-refractivity contribution in [2.24, 2.45) is 0 Å². The van der Waals surface area contributed by atoms with E-state index in [0.717, 1.165) is 22.3 Å². The number of nitrogens with zero attached hydrogens (tertiary/aromatic N) is 2. The van der Waals surface area contributed by atoms with Crippen molar-refractivity contribution in [3.8, 4) is 0 Å². The van der Waals surface area contributed by atoms with Crippen LogP contribution in [-0.4, -0.2) is 30.4 Å². The first kappa shape index (κ1) is 16.7. The number of carbonyl (C=O) groups is 1. The Hall–Kier alpha value is -3.20. The van der Waals surface area contributed by atoms with Gasteiger partial charge in [-0.1, -0.05) is 30.3 Å². The molecule has 0 radical (unpaired) electrons. The molecule has 9 heteroatoms. The normalized spacial score (nSPS) is 11.4. The summed E-state index contributed by atoms with van der Waals surface area (Å²) in [5, 5.41) is 11.6. The molecule has 8 nitrogen and oxygen atoms in total. The van der Waals surface area contributed by atoms with Crippen molar-refractivity contribution in [2.45, 2.75) is 4.90 Å². The molecule has 0 atom stereocenters. The molecule has 1 heterocycles. The van der Waals surface area contributed by atoms with Crippen LogP contribution < -0.4 is 0 Å². The quantitative estimate of drug-likeness (QED) is 0.402. The van der Waals surface area contributed by atoms with Gasteiger partial charge in [0, 0.05) is 17.6 Å². The SMILES string of the molecule is COC(=O)c1cn(S(=O)(=O)c2ccccc2[N+](=O)[O-])c2ccccc12. The molecule has 3 aromatic rings. The number of hydrogen-bond acceptors (Lipinski definition) is 6. The number of ether oxygens (including phenoxy) is 1. The minimum Gasteiger partial charge on any atom is -0.465 e. The van der Waals surface area contributed by atoms with Crippen molar-refractivity contribution in [3.05, 3.63) is 70.4 Å². The smallest absolute Gasteiger partial charge is 0.340 e. The van der Waals surface area contributed by atoms with E-state index in [9.17, 15) is 23.3 Å². The molecule has 0 saturated carbocycles. The number of esters is 1. The lowest BCUT2D eigenvalue weighted by atomic mass is 10.2.